The van der Waals surface area contributed by atoms with Crippen molar-refractivity contribution in [3.8, 4) is 11.5 Å². The molecule has 0 fully saturated rings. The predicted octanol–water partition coefficient (Wildman–Crippen LogP) is 4.64. The number of benzene rings is 2. The van der Waals surface area contributed by atoms with Gasteiger partial charge in [0.2, 0.25) is 0 Å². The zero-order chi connectivity index (χ0) is 22.5. The lowest BCUT2D eigenvalue weighted by Crippen LogP contribution is -2.41. The number of nitrogens with zero attached hydrogens (tertiary/aromatic N) is 1. The number of methoxy groups -OCH3 is 1. The fourth-order valence-electron chi connectivity index (χ4n) is 2.61. The van der Waals surface area contributed by atoms with Crippen molar-refractivity contribution in [2.45, 2.75) is 18.4 Å². The van der Waals surface area contributed by atoms with Crippen LogP contribution in [0.3, 0.4) is 0 Å². The number of alkyl halides is 3. The Morgan fingerprint density at radius 1 is 1.03 bits per heavy atom. The highest BCUT2D eigenvalue weighted by Crippen LogP contribution is 2.38. The van der Waals surface area contributed by atoms with Gasteiger partial charge in [0.15, 0.2) is 5.01 Å². The van der Waals surface area contributed by atoms with Crippen molar-refractivity contribution in [2.24, 2.45) is 0 Å². The van der Waals surface area contributed by atoms with Crippen molar-refractivity contribution in [2.75, 3.05) is 13.7 Å². The maximum absolute atomic E-state index is 12.7. The number of ether oxygens (including phenoxy) is 2. The van der Waals surface area contributed by atoms with Gasteiger partial charge in [-0.3, -0.25) is 0 Å². The molecule has 0 spiro atoms. The number of aromatic nitrogens is 1. The van der Waals surface area contributed by atoms with Crippen molar-refractivity contribution in [3.63, 3.8) is 0 Å². The maximum atomic E-state index is 12.7. The van der Waals surface area contributed by atoms with Crippen molar-refractivity contribution >= 4 is 23.5 Å². The van der Waals surface area contributed by atoms with Gasteiger partial charge in [-0.2, -0.15) is 13.2 Å². The summed E-state index contributed by atoms with van der Waals surface area (Å²) in [6.07, 6.45) is -0.138. The number of aliphatic hydroxyl groups is 2. The fourth-order valence-corrected chi connectivity index (χ4v) is 3.44. The minimum absolute atomic E-state index is 0.345. The van der Waals surface area contributed by atoms with E-state index in [0.717, 1.165) is 29.5 Å². The third kappa shape index (κ3) is 5.84. The lowest BCUT2D eigenvalue weighted by molar-refractivity contribution is -0.358. The van der Waals surface area contributed by atoms with Crippen molar-refractivity contribution in [1.82, 2.24) is 4.98 Å². The molecule has 5 nitrogen and oxygen atoms in total. The van der Waals surface area contributed by atoms with E-state index in [2.05, 4.69) is 4.98 Å². The standard InChI is InChI=1S/C22H20F3NO4S/c1-29-17-8-5-15(6-9-17)11-12-30-18-4-2-3-16(13-18)7-10-19-14-26-20(31-19)21(27,28)22(23,24)25/h2-10,13-14,27-28H,11-12H2,1H3/b10-7+. The summed E-state index contributed by atoms with van der Waals surface area (Å²) in [6, 6.07) is 14.9. The fraction of sp³-hybridized carbons (Fsp3) is 0.227. The van der Waals surface area contributed by atoms with Crippen LogP contribution in [-0.4, -0.2) is 35.1 Å². The number of thiazole rings is 1. The monoisotopic (exact) mass is 451 g/mol. The molecule has 0 aliphatic rings. The molecule has 0 aliphatic carbocycles. The maximum Gasteiger partial charge on any atom is 0.450 e. The van der Waals surface area contributed by atoms with Gasteiger partial charge in [0.1, 0.15) is 11.5 Å². The average Bonchev–Trinajstić information content (AvgIpc) is 3.22. The van der Waals surface area contributed by atoms with E-state index in [-0.39, 0.29) is 0 Å². The summed E-state index contributed by atoms with van der Waals surface area (Å²) < 4.78 is 49.0. The Morgan fingerprint density at radius 3 is 2.45 bits per heavy atom. The highest BCUT2D eigenvalue weighted by Gasteiger charge is 2.56. The molecule has 0 atom stereocenters. The number of halogens is 3. The van der Waals surface area contributed by atoms with Crippen LogP contribution in [0.15, 0.2) is 54.7 Å². The van der Waals surface area contributed by atoms with Crippen LogP contribution < -0.4 is 9.47 Å². The van der Waals surface area contributed by atoms with Crippen molar-refractivity contribution in [1.29, 1.82) is 0 Å². The molecule has 0 bridgehead atoms. The Bertz CT molecular complexity index is 1030. The van der Waals surface area contributed by atoms with Gasteiger partial charge >= 0.3 is 12.0 Å². The molecule has 3 aromatic rings. The molecule has 9 heteroatoms. The van der Waals surface area contributed by atoms with Crippen molar-refractivity contribution in [3.05, 3.63) is 75.7 Å². The minimum Gasteiger partial charge on any atom is -0.497 e. The largest absolute Gasteiger partial charge is 0.497 e. The van der Waals surface area contributed by atoms with Gasteiger partial charge in [-0.25, -0.2) is 4.98 Å². The average molecular weight is 451 g/mol. The van der Waals surface area contributed by atoms with Crippen LogP contribution in [0, 0.1) is 0 Å². The normalized spacial score (nSPS) is 12.3. The van der Waals surface area contributed by atoms with Crippen LogP contribution in [0.4, 0.5) is 13.2 Å². The summed E-state index contributed by atoms with van der Waals surface area (Å²) >= 11 is 0.546. The summed E-state index contributed by atoms with van der Waals surface area (Å²) in [6.45, 7) is 0.476. The molecule has 0 amide bonds. The van der Waals surface area contributed by atoms with Crippen LogP contribution in [0.25, 0.3) is 12.2 Å². The van der Waals surface area contributed by atoms with Crippen LogP contribution in [0.2, 0.25) is 0 Å². The molecule has 2 N–H and O–H groups in total. The number of rotatable bonds is 8. The Balaban J connectivity index is 1.59. The molecule has 0 unspecified atom stereocenters. The third-order valence-corrected chi connectivity index (χ3v) is 5.39. The second kappa shape index (κ2) is 9.51. The summed E-state index contributed by atoms with van der Waals surface area (Å²) in [4.78, 5) is 3.82. The molecule has 0 aliphatic heterocycles. The Morgan fingerprint density at radius 2 is 1.77 bits per heavy atom. The molecular weight excluding hydrogens is 431 g/mol. The molecule has 3 rings (SSSR count). The van der Waals surface area contributed by atoms with Crippen LogP contribution in [-0.2, 0) is 12.2 Å². The molecule has 1 aromatic heterocycles. The van der Waals surface area contributed by atoms with E-state index >= 15 is 0 Å². The van der Waals surface area contributed by atoms with Gasteiger partial charge in [0.05, 0.1) is 13.7 Å². The predicted molar refractivity (Wildman–Crippen MR) is 112 cm³/mol. The summed E-state index contributed by atoms with van der Waals surface area (Å²) in [5.74, 6) is -2.52. The van der Waals surface area contributed by atoms with Crippen LogP contribution in [0.1, 0.15) is 21.0 Å². The molecule has 0 saturated heterocycles. The van der Waals surface area contributed by atoms with E-state index in [1.165, 1.54) is 0 Å². The second-order valence-electron chi connectivity index (χ2n) is 6.59. The molecule has 164 valence electrons. The summed E-state index contributed by atoms with van der Waals surface area (Å²) in [5.41, 5.74) is 1.88. The van der Waals surface area contributed by atoms with Crippen molar-refractivity contribution < 1.29 is 32.9 Å². The third-order valence-electron chi connectivity index (χ3n) is 4.33. The first-order valence-electron chi connectivity index (χ1n) is 9.21. The zero-order valence-electron chi connectivity index (χ0n) is 16.5. The smallest absolute Gasteiger partial charge is 0.450 e. The molecule has 2 aromatic carbocycles. The lowest BCUT2D eigenvalue weighted by Gasteiger charge is -2.21. The molecule has 0 radical (unpaired) electrons. The molecule has 0 saturated carbocycles. The van der Waals surface area contributed by atoms with Gasteiger partial charge in [-0.05, 0) is 41.5 Å². The summed E-state index contributed by atoms with van der Waals surface area (Å²) in [5, 5.41) is 17.7. The van der Waals surface area contributed by atoms with E-state index < -0.39 is 17.0 Å². The topological polar surface area (TPSA) is 71.8 Å². The first-order valence-corrected chi connectivity index (χ1v) is 10.0. The van der Waals surface area contributed by atoms with E-state index in [0.29, 0.717) is 28.6 Å². The first-order chi connectivity index (χ1) is 14.7. The van der Waals surface area contributed by atoms with Crippen LogP contribution >= 0.6 is 11.3 Å². The van der Waals surface area contributed by atoms with E-state index in [4.69, 9.17) is 9.47 Å². The minimum atomic E-state index is -5.23. The Labute approximate surface area is 181 Å². The molecule has 31 heavy (non-hydrogen) atoms. The van der Waals surface area contributed by atoms with Gasteiger partial charge in [-0.15, -0.1) is 11.3 Å². The SMILES string of the molecule is COc1ccc(CCOc2cccc(/C=C/c3cnc(C(O)(O)C(F)(F)F)s3)c2)cc1. The Hall–Kier alpha value is -2.88. The van der Waals surface area contributed by atoms with Gasteiger partial charge < -0.3 is 19.7 Å². The van der Waals surface area contributed by atoms with E-state index in [1.54, 1.807) is 31.4 Å². The molecule has 1 heterocycles. The highest BCUT2D eigenvalue weighted by atomic mass is 32.1. The molecular formula is C22H20F3NO4S. The Kier molecular flexibility index (Phi) is 6.99. The summed E-state index contributed by atoms with van der Waals surface area (Å²) in [7, 11) is 1.61. The highest BCUT2D eigenvalue weighted by molar-refractivity contribution is 7.12. The second-order valence-corrected chi connectivity index (χ2v) is 7.65. The van der Waals surface area contributed by atoms with Gasteiger partial charge in [0, 0.05) is 17.5 Å². The van der Waals surface area contributed by atoms with Gasteiger partial charge in [0.25, 0.3) is 0 Å². The van der Waals surface area contributed by atoms with E-state index in [1.807, 2.05) is 36.4 Å². The lowest BCUT2D eigenvalue weighted by atomic mass is 10.1. The number of hydrogen-bond donors (Lipinski definition) is 2. The van der Waals surface area contributed by atoms with Gasteiger partial charge in [-0.1, -0.05) is 30.3 Å². The van der Waals surface area contributed by atoms with E-state index in [9.17, 15) is 23.4 Å². The number of hydrogen-bond acceptors (Lipinski definition) is 6. The first kappa shape index (κ1) is 22.8. The quantitative estimate of drug-likeness (QED) is 0.488. The zero-order valence-corrected chi connectivity index (χ0v) is 17.3. The van der Waals surface area contributed by atoms with Crippen LogP contribution in [0.5, 0.6) is 11.5 Å².